The zero-order valence-electron chi connectivity index (χ0n) is 8.69. The van der Waals surface area contributed by atoms with Crippen molar-refractivity contribution < 1.29 is 14.3 Å². The lowest BCUT2D eigenvalue weighted by molar-refractivity contribution is -0.142. The largest absolute Gasteiger partial charge is 0.479 e. The van der Waals surface area contributed by atoms with Crippen molar-refractivity contribution in [1.29, 1.82) is 5.26 Å². The van der Waals surface area contributed by atoms with Gasteiger partial charge in [0, 0.05) is 19.8 Å². The first kappa shape index (κ1) is 14.2. The Bertz CT molecular complexity index is 263. The van der Waals surface area contributed by atoms with Crippen LogP contribution in [-0.2, 0) is 14.3 Å². The Hall–Kier alpha value is -0.800. The Balaban J connectivity index is 4.05. The first-order chi connectivity index (χ1) is 7.10. The highest BCUT2D eigenvalue weighted by Gasteiger charge is 2.15. The lowest BCUT2D eigenvalue weighted by Crippen LogP contribution is -2.15. The zero-order valence-corrected chi connectivity index (χ0v) is 10.3. The van der Waals surface area contributed by atoms with E-state index in [1.807, 2.05) is 13.0 Å². The third kappa shape index (κ3) is 8.21. The van der Waals surface area contributed by atoms with E-state index in [0.29, 0.717) is 23.8 Å². The number of hydrogen-bond acceptors (Lipinski definition) is 6. The molecule has 0 heterocycles. The van der Waals surface area contributed by atoms with Crippen molar-refractivity contribution in [2.75, 3.05) is 6.61 Å². The predicted octanol–water partition coefficient (Wildman–Crippen LogP) is 2.23. The van der Waals surface area contributed by atoms with Gasteiger partial charge in [0.1, 0.15) is 0 Å². The van der Waals surface area contributed by atoms with E-state index in [0.717, 1.165) is 11.8 Å². The molecule has 0 fully saturated rings. The van der Waals surface area contributed by atoms with E-state index in [1.165, 1.54) is 6.92 Å². The number of nitrogens with zero attached hydrogens (tertiary/aromatic N) is 1. The molecule has 0 aliphatic rings. The molecule has 1 atom stereocenters. The average Bonchev–Trinajstić information content (AvgIpc) is 2.13. The second kappa shape index (κ2) is 8.50. The number of carbonyl (C=O) groups excluding carboxylic acids is 1. The highest BCUT2D eigenvalue weighted by molar-refractivity contribution is 8.22. The molecule has 0 aliphatic heterocycles. The van der Waals surface area contributed by atoms with Gasteiger partial charge in [-0.15, -0.1) is 0 Å². The molecule has 0 amide bonds. The van der Waals surface area contributed by atoms with E-state index in [-0.39, 0.29) is 5.97 Å². The number of ether oxygens (including phenoxy) is 2. The van der Waals surface area contributed by atoms with Crippen LogP contribution in [-0.4, -0.2) is 22.4 Å². The fourth-order valence-electron chi connectivity index (χ4n) is 0.769. The van der Waals surface area contributed by atoms with E-state index in [9.17, 15) is 4.79 Å². The Morgan fingerprint density at radius 3 is 2.80 bits per heavy atom. The summed E-state index contributed by atoms with van der Waals surface area (Å²) in [5, 5.41) is 8.42. The quantitative estimate of drug-likeness (QED) is 0.422. The van der Waals surface area contributed by atoms with Gasteiger partial charge in [0.2, 0.25) is 4.38 Å². The molecule has 0 aromatic heterocycles. The van der Waals surface area contributed by atoms with E-state index in [2.05, 4.69) is 0 Å². The van der Waals surface area contributed by atoms with Gasteiger partial charge in [-0.2, -0.15) is 5.26 Å². The minimum Gasteiger partial charge on any atom is -0.479 e. The third-order valence-corrected chi connectivity index (χ3v) is 2.59. The SMILES string of the molecule is CCOC(=S)SC(CCC#N)OC(C)=O. The average molecular weight is 247 g/mol. The molecule has 0 spiro atoms. The van der Waals surface area contributed by atoms with E-state index in [4.69, 9.17) is 27.0 Å². The minimum absolute atomic E-state index is 0.319. The van der Waals surface area contributed by atoms with E-state index in [1.54, 1.807) is 0 Å². The van der Waals surface area contributed by atoms with Gasteiger partial charge in [0.05, 0.1) is 12.7 Å². The summed E-state index contributed by atoms with van der Waals surface area (Å²) in [6.07, 6.45) is 0.771. The molecule has 0 rings (SSSR count). The fourth-order valence-corrected chi connectivity index (χ4v) is 2.03. The number of nitriles is 1. The van der Waals surface area contributed by atoms with Gasteiger partial charge in [-0.25, -0.2) is 0 Å². The lowest BCUT2D eigenvalue weighted by Gasteiger charge is -2.15. The highest BCUT2D eigenvalue weighted by atomic mass is 32.2. The molecule has 0 saturated carbocycles. The van der Waals surface area contributed by atoms with Crippen LogP contribution in [0.15, 0.2) is 0 Å². The first-order valence-electron chi connectivity index (χ1n) is 4.47. The Kier molecular flexibility index (Phi) is 8.05. The predicted molar refractivity (Wildman–Crippen MR) is 62.2 cm³/mol. The molecule has 0 N–H and O–H groups in total. The van der Waals surface area contributed by atoms with Gasteiger partial charge in [0.25, 0.3) is 0 Å². The topological polar surface area (TPSA) is 59.3 Å². The van der Waals surface area contributed by atoms with Crippen molar-refractivity contribution in [3.8, 4) is 6.07 Å². The molecule has 4 nitrogen and oxygen atoms in total. The number of carbonyl (C=O) groups is 1. The molecular formula is C9H13NO3S2. The second-order valence-electron chi connectivity index (χ2n) is 2.54. The maximum Gasteiger partial charge on any atom is 0.303 e. The summed E-state index contributed by atoms with van der Waals surface area (Å²) in [6.45, 7) is 3.63. The van der Waals surface area contributed by atoms with Crippen molar-refractivity contribution in [3.05, 3.63) is 0 Å². The number of rotatable bonds is 5. The molecule has 1 unspecified atom stereocenters. The van der Waals surface area contributed by atoms with Crippen LogP contribution in [0.25, 0.3) is 0 Å². The minimum atomic E-state index is -0.429. The van der Waals surface area contributed by atoms with Gasteiger partial charge in [-0.05, 0) is 30.9 Å². The van der Waals surface area contributed by atoms with Crippen LogP contribution in [0, 0.1) is 11.3 Å². The number of thioether (sulfide) groups is 1. The van der Waals surface area contributed by atoms with Crippen molar-refractivity contribution in [3.63, 3.8) is 0 Å². The summed E-state index contributed by atoms with van der Waals surface area (Å²) < 4.78 is 10.4. The molecule has 84 valence electrons. The van der Waals surface area contributed by atoms with Gasteiger partial charge >= 0.3 is 5.97 Å². The van der Waals surface area contributed by atoms with E-state index < -0.39 is 5.44 Å². The summed E-state index contributed by atoms with van der Waals surface area (Å²) in [6, 6.07) is 1.99. The molecule has 0 aromatic rings. The molecule has 0 aliphatic carbocycles. The lowest BCUT2D eigenvalue weighted by atomic mass is 10.3. The van der Waals surface area contributed by atoms with Gasteiger partial charge < -0.3 is 9.47 Å². The standard InChI is InChI=1S/C9H13NO3S2/c1-3-12-9(14)15-8(5-4-6-10)13-7(2)11/h8H,3-5H2,1-2H3. The van der Waals surface area contributed by atoms with Crippen LogP contribution in [0.2, 0.25) is 0 Å². The van der Waals surface area contributed by atoms with E-state index >= 15 is 0 Å². The van der Waals surface area contributed by atoms with Gasteiger partial charge in [-0.3, -0.25) is 4.79 Å². The van der Waals surface area contributed by atoms with Crippen LogP contribution >= 0.6 is 24.0 Å². The van der Waals surface area contributed by atoms with Crippen LogP contribution in [0.5, 0.6) is 0 Å². The zero-order chi connectivity index (χ0) is 11.7. The van der Waals surface area contributed by atoms with Gasteiger partial charge in [0.15, 0.2) is 5.44 Å². The van der Waals surface area contributed by atoms with Crippen LogP contribution < -0.4 is 0 Å². The molecule has 0 saturated heterocycles. The molecular weight excluding hydrogens is 234 g/mol. The Labute approximate surface area is 98.9 Å². The number of hydrogen-bond donors (Lipinski definition) is 0. The Morgan fingerprint density at radius 1 is 1.67 bits per heavy atom. The third-order valence-electron chi connectivity index (χ3n) is 1.28. The smallest absolute Gasteiger partial charge is 0.303 e. The van der Waals surface area contributed by atoms with Crippen LogP contribution in [0.3, 0.4) is 0 Å². The van der Waals surface area contributed by atoms with Crippen LogP contribution in [0.1, 0.15) is 26.7 Å². The fraction of sp³-hybridized carbons (Fsp3) is 0.667. The maximum absolute atomic E-state index is 10.8. The van der Waals surface area contributed by atoms with Crippen molar-refractivity contribution >= 4 is 34.3 Å². The summed E-state index contributed by atoms with van der Waals surface area (Å²) >= 11 is 6.05. The molecule has 15 heavy (non-hydrogen) atoms. The summed E-state index contributed by atoms with van der Waals surface area (Å²) in [5.41, 5.74) is -0.429. The monoisotopic (exact) mass is 247 g/mol. The first-order valence-corrected chi connectivity index (χ1v) is 5.76. The summed E-state index contributed by atoms with van der Waals surface area (Å²) in [5.74, 6) is -0.385. The second-order valence-corrected chi connectivity index (χ2v) is 4.30. The molecule has 0 bridgehead atoms. The van der Waals surface area contributed by atoms with Crippen molar-refractivity contribution in [2.24, 2.45) is 0 Å². The number of thiocarbonyl (C=S) groups is 1. The van der Waals surface area contributed by atoms with Crippen molar-refractivity contribution in [1.82, 2.24) is 0 Å². The summed E-state index contributed by atoms with van der Waals surface area (Å²) in [7, 11) is 0. The summed E-state index contributed by atoms with van der Waals surface area (Å²) in [4.78, 5) is 10.8. The molecule has 6 heteroatoms. The highest BCUT2D eigenvalue weighted by Crippen LogP contribution is 2.20. The maximum atomic E-state index is 10.8. The molecule has 0 aromatic carbocycles. The molecule has 0 radical (unpaired) electrons. The number of esters is 1. The van der Waals surface area contributed by atoms with Gasteiger partial charge in [-0.1, -0.05) is 0 Å². The normalized spacial score (nSPS) is 11.3. The van der Waals surface area contributed by atoms with Crippen molar-refractivity contribution in [2.45, 2.75) is 32.1 Å². The Morgan fingerprint density at radius 2 is 2.33 bits per heavy atom. The van der Waals surface area contributed by atoms with Crippen LogP contribution in [0.4, 0.5) is 0 Å².